The van der Waals surface area contributed by atoms with E-state index in [1.165, 1.54) is 24.8 Å². The topological polar surface area (TPSA) is 129 Å². The minimum atomic E-state index is -1.82. The third kappa shape index (κ3) is 9.46. The molecule has 0 unspecified atom stereocenters. The zero-order valence-electron chi connectivity index (χ0n) is 18.9. The highest BCUT2D eigenvalue weighted by atomic mass is 16.5. The van der Waals surface area contributed by atoms with E-state index in [0.29, 0.717) is 13.2 Å². The van der Waals surface area contributed by atoms with Crippen molar-refractivity contribution in [3.8, 4) is 5.75 Å². The predicted octanol–water partition coefficient (Wildman–Crippen LogP) is 2.40. The van der Waals surface area contributed by atoms with Crippen LogP contribution >= 0.6 is 0 Å². The summed E-state index contributed by atoms with van der Waals surface area (Å²) in [5.41, 5.74) is 2.18. The van der Waals surface area contributed by atoms with Crippen molar-refractivity contribution >= 4 is 11.9 Å². The first kappa shape index (κ1) is 26.1. The maximum atomic E-state index is 11.8. The molecule has 0 amide bonds. The van der Waals surface area contributed by atoms with Crippen LogP contribution in [0.25, 0.3) is 0 Å². The summed E-state index contributed by atoms with van der Waals surface area (Å²) < 4.78 is 10.9. The number of piperidine rings is 1. The van der Waals surface area contributed by atoms with Gasteiger partial charge in [0.25, 0.3) is 5.56 Å². The second-order valence-electron chi connectivity index (χ2n) is 7.84. The fraction of sp³-hybridized carbons (Fsp3) is 0.458. The first-order valence-corrected chi connectivity index (χ1v) is 11.0. The van der Waals surface area contributed by atoms with Crippen molar-refractivity contribution in [1.82, 2.24) is 9.88 Å². The molecular weight excluding hydrogens is 428 g/mol. The van der Waals surface area contributed by atoms with E-state index in [0.717, 1.165) is 43.3 Å². The minimum Gasteiger partial charge on any atom is -0.491 e. The lowest BCUT2D eigenvalue weighted by Gasteiger charge is -2.31. The number of para-hydroxylation sites is 1. The number of aliphatic carboxylic acids is 2. The summed E-state index contributed by atoms with van der Waals surface area (Å²) in [6.45, 7) is 4.07. The molecule has 1 aliphatic heterocycles. The van der Waals surface area contributed by atoms with Gasteiger partial charge in [-0.2, -0.15) is 0 Å². The number of hydrogen-bond donors (Lipinski definition) is 3. The Balaban J connectivity index is 0.000000569. The second kappa shape index (κ2) is 14.1. The maximum Gasteiger partial charge on any atom is 0.414 e. The van der Waals surface area contributed by atoms with Crippen LogP contribution in [0.3, 0.4) is 0 Å². The highest BCUT2D eigenvalue weighted by Gasteiger charge is 2.20. The third-order valence-corrected chi connectivity index (χ3v) is 5.52. The second-order valence-corrected chi connectivity index (χ2v) is 7.84. The molecule has 1 saturated heterocycles. The van der Waals surface area contributed by atoms with Crippen molar-refractivity contribution in [1.29, 1.82) is 0 Å². The van der Waals surface area contributed by atoms with Crippen molar-refractivity contribution in [2.24, 2.45) is 5.92 Å². The van der Waals surface area contributed by atoms with Gasteiger partial charge in [-0.1, -0.05) is 24.3 Å². The molecule has 0 bridgehead atoms. The van der Waals surface area contributed by atoms with Gasteiger partial charge < -0.3 is 24.7 Å². The monoisotopic (exact) mass is 460 g/mol. The number of ether oxygens (including phenoxy) is 2. The van der Waals surface area contributed by atoms with Crippen molar-refractivity contribution in [3.05, 3.63) is 64.1 Å². The maximum absolute atomic E-state index is 11.8. The first-order valence-electron chi connectivity index (χ1n) is 11.0. The zero-order chi connectivity index (χ0) is 24.1. The number of aromatic nitrogens is 1. The van der Waals surface area contributed by atoms with Crippen molar-refractivity contribution in [3.63, 3.8) is 0 Å². The van der Waals surface area contributed by atoms with E-state index < -0.39 is 11.9 Å². The largest absolute Gasteiger partial charge is 0.491 e. The molecule has 2 heterocycles. The number of pyridine rings is 1. The fourth-order valence-electron chi connectivity index (χ4n) is 3.70. The van der Waals surface area contributed by atoms with E-state index in [1.807, 2.05) is 24.3 Å². The van der Waals surface area contributed by atoms with Crippen LogP contribution in [0.15, 0.2) is 47.4 Å². The van der Waals surface area contributed by atoms with Crippen LogP contribution < -0.4 is 10.3 Å². The van der Waals surface area contributed by atoms with Gasteiger partial charge in [-0.05, 0) is 62.4 Å². The molecule has 3 N–H and O–H groups in total. The number of carbonyl (C=O) groups is 2. The van der Waals surface area contributed by atoms with Gasteiger partial charge >= 0.3 is 11.9 Å². The molecular formula is C24H32N2O7. The summed E-state index contributed by atoms with van der Waals surface area (Å²) in [6, 6.07) is 12.1. The quantitative estimate of drug-likeness (QED) is 0.384. The van der Waals surface area contributed by atoms with E-state index in [-0.39, 0.29) is 5.56 Å². The summed E-state index contributed by atoms with van der Waals surface area (Å²) in [4.78, 5) is 35.2. The molecule has 1 aliphatic rings. The number of aryl methyl sites for hydroxylation is 1. The van der Waals surface area contributed by atoms with Gasteiger partial charge in [0.05, 0.1) is 6.61 Å². The summed E-state index contributed by atoms with van der Waals surface area (Å²) >= 11 is 0. The molecule has 0 aliphatic carbocycles. The molecule has 180 valence electrons. The number of nitrogens with zero attached hydrogens (tertiary/aromatic N) is 1. The smallest absolute Gasteiger partial charge is 0.414 e. The van der Waals surface area contributed by atoms with Gasteiger partial charge in [-0.3, -0.25) is 9.69 Å². The molecule has 1 aromatic heterocycles. The number of aromatic amines is 1. The molecule has 1 fully saturated rings. The van der Waals surface area contributed by atoms with Crippen LogP contribution in [0.4, 0.5) is 0 Å². The Labute approximate surface area is 193 Å². The van der Waals surface area contributed by atoms with E-state index >= 15 is 0 Å². The van der Waals surface area contributed by atoms with E-state index in [9.17, 15) is 4.79 Å². The normalized spacial score (nSPS) is 14.2. The zero-order valence-corrected chi connectivity index (χ0v) is 18.9. The molecule has 2 aromatic rings. The molecule has 9 heteroatoms. The lowest BCUT2D eigenvalue weighted by atomic mass is 9.90. The number of likely N-dealkylation sites (tertiary alicyclic amines) is 1. The summed E-state index contributed by atoms with van der Waals surface area (Å²) in [5.74, 6) is -1.93. The summed E-state index contributed by atoms with van der Waals surface area (Å²) in [5, 5.41) is 14.8. The highest BCUT2D eigenvalue weighted by Crippen LogP contribution is 2.26. The highest BCUT2D eigenvalue weighted by molar-refractivity contribution is 6.27. The third-order valence-electron chi connectivity index (χ3n) is 5.52. The Morgan fingerprint density at radius 1 is 1.03 bits per heavy atom. The lowest BCUT2D eigenvalue weighted by Crippen LogP contribution is -2.35. The number of benzene rings is 1. The van der Waals surface area contributed by atoms with Gasteiger partial charge in [-0.15, -0.1) is 0 Å². The molecule has 9 nitrogen and oxygen atoms in total. The lowest BCUT2D eigenvalue weighted by molar-refractivity contribution is -0.159. The van der Waals surface area contributed by atoms with Crippen LogP contribution in [0.2, 0.25) is 0 Å². The Kier molecular flexibility index (Phi) is 11.1. The Morgan fingerprint density at radius 3 is 2.33 bits per heavy atom. The van der Waals surface area contributed by atoms with Gasteiger partial charge in [0.1, 0.15) is 12.4 Å². The van der Waals surface area contributed by atoms with Gasteiger partial charge in [0.15, 0.2) is 0 Å². The molecule has 33 heavy (non-hydrogen) atoms. The number of H-pyrrole nitrogens is 1. The van der Waals surface area contributed by atoms with E-state index in [1.54, 1.807) is 13.3 Å². The standard InChI is InChI=1S/C22H30N2O3.C2H2O4/c1-26-15-16-27-21-7-3-2-5-19(21)9-8-18-10-13-24(14-11-18)17-20-6-4-12-23-22(20)25;3-1(4)2(5)6/h2-7,12,18H,8-11,13-17H2,1H3,(H,23,25);(H,3,4)(H,5,6). The summed E-state index contributed by atoms with van der Waals surface area (Å²) in [6.07, 6.45) is 6.31. The molecule has 3 rings (SSSR count). The SMILES string of the molecule is COCCOc1ccccc1CCC1CCN(Cc2ccc[nH]c2=O)CC1.O=C(O)C(=O)O. The average molecular weight is 461 g/mol. The van der Waals surface area contributed by atoms with Crippen molar-refractivity contribution < 1.29 is 29.3 Å². The molecule has 0 radical (unpaired) electrons. The Bertz CT molecular complexity index is 924. The number of carboxylic acid groups (broad SMARTS) is 2. The number of rotatable bonds is 9. The first-order chi connectivity index (χ1) is 15.9. The fourth-order valence-corrected chi connectivity index (χ4v) is 3.70. The number of hydrogen-bond acceptors (Lipinski definition) is 6. The Morgan fingerprint density at radius 2 is 1.70 bits per heavy atom. The number of nitrogens with one attached hydrogen (secondary N) is 1. The molecule has 0 spiro atoms. The number of carboxylic acids is 2. The number of methoxy groups -OCH3 is 1. The predicted molar refractivity (Wildman–Crippen MR) is 122 cm³/mol. The van der Waals surface area contributed by atoms with Crippen molar-refractivity contribution in [2.75, 3.05) is 33.4 Å². The molecule has 0 saturated carbocycles. The van der Waals surface area contributed by atoms with E-state index in [2.05, 4.69) is 22.0 Å². The van der Waals surface area contributed by atoms with Crippen LogP contribution in [0.1, 0.15) is 30.4 Å². The van der Waals surface area contributed by atoms with Crippen LogP contribution in [-0.4, -0.2) is 65.4 Å². The Hall–Kier alpha value is -3.17. The molecule has 0 atom stereocenters. The van der Waals surface area contributed by atoms with Crippen molar-refractivity contribution in [2.45, 2.75) is 32.2 Å². The van der Waals surface area contributed by atoms with Crippen LogP contribution in [-0.2, 0) is 27.3 Å². The molecule has 1 aromatic carbocycles. The summed E-state index contributed by atoms with van der Waals surface area (Å²) in [7, 11) is 1.69. The van der Waals surface area contributed by atoms with E-state index in [4.69, 9.17) is 29.3 Å². The minimum absolute atomic E-state index is 0.0321. The van der Waals surface area contributed by atoms with Crippen LogP contribution in [0.5, 0.6) is 5.75 Å². The van der Waals surface area contributed by atoms with Crippen LogP contribution in [0, 0.1) is 5.92 Å². The average Bonchev–Trinajstić information content (AvgIpc) is 2.81. The van der Waals surface area contributed by atoms with Gasteiger partial charge in [0, 0.05) is 25.4 Å². The van der Waals surface area contributed by atoms with Gasteiger partial charge in [-0.25, -0.2) is 9.59 Å². The van der Waals surface area contributed by atoms with Gasteiger partial charge in [0.2, 0.25) is 0 Å².